The summed E-state index contributed by atoms with van der Waals surface area (Å²) in [6, 6.07) is 0. The zero-order valence-corrected chi connectivity index (χ0v) is 9.48. The minimum Gasteiger partial charge on any atom is -0.618 e. The smallest absolute Gasteiger partial charge is 0.618 e. The molecule has 1 aromatic carbocycles. The van der Waals surface area contributed by atoms with Gasteiger partial charge in [-0.2, -0.15) is 0 Å². The topological polar surface area (TPSA) is 52.6 Å². The van der Waals surface area contributed by atoms with Crippen LogP contribution < -0.4 is 24.3 Å². The molecule has 1 aliphatic heterocycles. The second-order valence-corrected chi connectivity index (χ2v) is 3.41. The zero-order valence-electron chi connectivity index (χ0n) is 9.48. The van der Waals surface area contributed by atoms with Gasteiger partial charge in [-0.3, -0.25) is 0 Å². The van der Waals surface area contributed by atoms with Gasteiger partial charge in [0.15, 0.2) is 17.5 Å². The van der Waals surface area contributed by atoms with Gasteiger partial charge in [-0.15, -0.1) is 0 Å². The van der Waals surface area contributed by atoms with Gasteiger partial charge in [0, 0.05) is 0 Å². The van der Waals surface area contributed by atoms with E-state index in [9.17, 15) is 35.9 Å². The molecule has 0 amide bonds. The van der Waals surface area contributed by atoms with Crippen molar-refractivity contribution < 1.29 is 64.0 Å². The molecule has 0 radical (unpaired) electrons. The van der Waals surface area contributed by atoms with Crippen LogP contribution in [0.5, 0.6) is 0 Å². The standard InChI is InChI=1S/C8BF6O4.Li/c10-2-1(3(11)5(13)6(14)4(2)12)9(15)18-7(16)8(17)19-9;/q-1;+1. The molecule has 0 spiro atoms. The number of halogens is 6. The Labute approximate surface area is 118 Å². The average molecular weight is 292 g/mol. The van der Waals surface area contributed by atoms with Crippen LogP contribution in [0.2, 0.25) is 0 Å². The molecule has 0 unspecified atom stereocenters. The number of carbonyl (C=O) groups is 2. The first-order valence-electron chi connectivity index (χ1n) is 4.49. The summed E-state index contributed by atoms with van der Waals surface area (Å²) in [5.41, 5.74) is -2.16. The third kappa shape index (κ3) is 2.16. The van der Waals surface area contributed by atoms with Gasteiger partial charge >= 0.3 is 37.6 Å². The fourth-order valence-corrected chi connectivity index (χ4v) is 1.44. The molecule has 1 aromatic rings. The molecule has 1 saturated heterocycles. The van der Waals surface area contributed by atoms with Crippen molar-refractivity contribution in [3.63, 3.8) is 0 Å². The summed E-state index contributed by atoms with van der Waals surface area (Å²) in [5.74, 6) is -16.6. The van der Waals surface area contributed by atoms with Crippen molar-refractivity contribution in [2.24, 2.45) is 0 Å². The predicted octanol–water partition coefficient (Wildman–Crippen LogP) is -2.40. The van der Waals surface area contributed by atoms with E-state index in [0.29, 0.717) is 0 Å². The molecule has 2 rings (SSSR count). The summed E-state index contributed by atoms with van der Waals surface area (Å²) in [7, 11) is 0. The monoisotopic (exact) mass is 292 g/mol. The van der Waals surface area contributed by atoms with Crippen LogP contribution >= 0.6 is 0 Å². The molecule has 12 heteroatoms. The number of hydrogen-bond donors (Lipinski definition) is 0. The van der Waals surface area contributed by atoms with E-state index in [1.54, 1.807) is 0 Å². The molecule has 102 valence electrons. The molecule has 20 heavy (non-hydrogen) atoms. The van der Waals surface area contributed by atoms with Gasteiger partial charge < -0.3 is 13.6 Å². The number of hydrogen-bond acceptors (Lipinski definition) is 4. The second-order valence-electron chi connectivity index (χ2n) is 3.41. The molecule has 0 bridgehead atoms. The van der Waals surface area contributed by atoms with Gasteiger partial charge in [0.2, 0.25) is 0 Å². The van der Waals surface area contributed by atoms with Crippen molar-refractivity contribution >= 4 is 24.2 Å². The van der Waals surface area contributed by atoms with Crippen molar-refractivity contribution in [3.05, 3.63) is 29.1 Å². The van der Waals surface area contributed by atoms with E-state index in [1.165, 1.54) is 0 Å². The Hall–Kier alpha value is -1.60. The normalized spacial score (nSPS) is 16.5. The van der Waals surface area contributed by atoms with E-state index in [4.69, 9.17) is 0 Å². The Morgan fingerprint density at radius 1 is 0.700 bits per heavy atom. The van der Waals surface area contributed by atoms with Crippen LogP contribution in [-0.2, 0) is 18.9 Å². The molecule has 0 aliphatic carbocycles. The fraction of sp³-hybridized carbons (Fsp3) is 0. The van der Waals surface area contributed by atoms with Crippen LogP contribution in [-0.4, -0.2) is 18.8 Å². The van der Waals surface area contributed by atoms with Gasteiger partial charge in [-0.05, 0) is 5.46 Å². The molecule has 0 aromatic heterocycles. The zero-order chi connectivity index (χ0) is 14.5. The minimum absolute atomic E-state index is 0. The Morgan fingerprint density at radius 3 is 1.35 bits per heavy atom. The maximum Gasteiger partial charge on any atom is 1.00 e. The SMILES string of the molecule is O=C1O[B-](F)(c2c(F)c(F)c(F)c(F)c2F)OC1=O.[Li+]. The third-order valence-corrected chi connectivity index (χ3v) is 2.27. The van der Waals surface area contributed by atoms with Crippen LogP contribution in [0.1, 0.15) is 0 Å². The van der Waals surface area contributed by atoms with Crippen LogP contribution in [0.4, 0.5) is 26.3 Å². The van der Waals surface area contributed by atoms with Crippen molar-refractivity contribution in [2.45, 2.75) is 0 Å². The van der Waals surface area contributed by atoms with Crippen molar-refractivity contribution in [1.82, 2.24) is 0 Å². The first-order valence-corrected chi connectivity index (χ1v) is 4.49. The van der Waals surface area contributed by atoms with Gasteiger partial charge in [0.05, 0.1) is 0 Å². The quantitative estimate of drug-likeness (QED) is 0.190. The maximum absolute atomic E-state index is 13.8. The average Bonchev–Trinajstić information content (AvgIpc) is 2.59. The van der Waals surface area contributed by atoms with Gasteiger partial charge in [0.1, 0.15) is 11.6 Å². The first-order chi connectivity index (χ1) is 8.69. The number of rotatable bonds is 1. The Morgan fingerprint density at radius 2 is 1.00 bits per heavy atom. The third-order valence-electron chi connectivity index (χ3n) is 2.27. The molecule has 4 nitrogen and oxygen atoms in total. The van der Waals surface area contributed by atoms with E-state index in [1.807, 2.05) is 0 Å². The number of benzene rings is 1. The van der Waals surface area contributed by atoms with Crippen LogP contribution in [0.15, 0.2) is 0 Å². The van der Waals surface area contributed by atoms with Gasteiger partial charge in [0.25, 0.3) is 0 Å². The van der Waals surface area contributed by atoms with Crippen LogP contribution in [0, 0.1) is 29.1 Å². The van der Waals surface area contributed by atoms with Crippen molar-refractivity contribution in [2.75, 3.05) is 0 Å². The van der Waals surface area contributed by atoms with Crippen LogP contribution in [0.3, 0.4) is 0 Å². The first kappa shape index (κ1) is 16.5. The minimum atomic E-state index is -4.95. The second kappa shape index (κ2) is 5.07. The largest absolute Gasteiger partial charge is 1.00 e. The van der Waals surface area contributed by atoms with E-state index >= 15 is 0 Å². The summed E-state index contributed by atoms with van der Waals surface area (Å²) in [6.45, 7) is -4.95. The van der Waals surface area contributed by atoms with Gasteiger partial charge in [-0.1, -0.05) is 0 Å². The van der Waals surface area contributed by atoms with E-state index < -0.39 is 53.3 Å². The summed E-state index contributed by atoms with van der Waals surface area (Å²) in [4.78, 5) is 21.2. The Balaban J connectivity index is 0.00000200. The number of carbonyl (C=O) groups excluding carboxylic acids is 2. The molecule has 1 heterocycles. The van der Waals surface area contributed by atoms with Gasteiger partial charge in [-0.25, -0.2) is 31.5 Å². The fourth-order valence-electron chi connectivity index (χ4n) is 1.44. The maximum atomic E-state index is 13.8. The molecular weight excluding hydrogens is 292 g/mol. The van der Waals surface area contributed by atoms with Crippen molar-refractivity contribution in [1.29, 1.82) is 0 Å². The summed E-state index contributed by atoms with van der Waals surface area (Å²) < 4.78 is 85.8. The molecule has 1 aliphatic rings. The van der Waals surface area contributed by atoms with Crippen LogP contribution in [0.25, 0.3) is 0 Å². The Kier molecular flexibility index (Phi) is 4.17. The molecule has 0 saturated carbocycles. The molecule has 1 fully saturated rings. The summed E-state index contributed by atoms with van der Waals surface area (Å²) >= 11 is 0. The van der Waals surface area contributed by atoms with E-state index in [2.05, 4.69) is 9.31 Å². The van der Waals surface area contributed by atoms with E-state index in [0.717, 1.165) is 0 Å². The molecule has 0 N–H and O–H groups in total. The Bertz CT molecular complexity index is 578. The summed E-state index contributed by atoms with van der Waals surface area (Å²) in [6.07, 6.45) is 0. The summed E-state index contributed by atoms with van der Waals surface area (Å²) in [5, 5.41) is 0. The predicted molar refractivity (Wildman–Crippen MR) is 44.9 cm³/mol. The molecule has 0 atom stereocenters. The molecular formula is C8BF6LiO4. The van der Waals surface area contributed by atoms with E-state index in [-0.39, 0.29) is 18.9 Å². The van der Waals surface area contributed by atoms with Crippen molar-refractivity contribution in [3.8, 4) is 0 Å².